The first-order valence-corrected chi connectivity index (χ1v) is 20.9. The summed E-state index contributed by atoms with van der Waals surface area (Å²) in [5.41, 5.74) is 19.0. The van der Waals surface area contributed by atoms with E-state index >= 15 is 0 Å². The summed E-state index contributed by atoms with van der Waals surface area (Å²) in [7, 11) is 0. The van der Waals surface area contributed by atoms with Gasteiger partial charge in [-0.1, -0.05) is 231 Å². The molecular weight excluding hydrogens is 737 g/mol. The van der Waals surface area contributed by atoms with Crippen molar-refractivity contribution in [3.63, 3.8) is 0 Å². The molecule has 1 aliphatic rings. The zero-order chi connectivity index (χ0) is 40.6. The maximum absolute atomic E-state index is 5.30. The molecule has 9 aromatic carbocycles. The van der Waals surface area contributed by atoms with Gasteiger partial charge in [-0.3, -0.25) is 0 Å². The first-order valence-electron chi connectivity index (χ1n) is 20.9. The number of rotatable bonds is 8. The van der Waals surface area contributed by atoms with E-state index in [9.17, 15) is 0 Å². The van der Waals surface area contributed by atoms with E-state index in [1.807, 2.05) is 6.07 Å². The lowest BCUT2D eigenvalue weighted by Gasteiger charge is -2.34. The molecule has 0 N–H and O–H groups in total. The predicted molar refractivity (Wildman–Crippen MR) is 252 cm³/mol. The first kappa shape index (κ1) is 36.2. The van der Waals surface area contributed by atoms with Gasteiger partial charge in [0.25, 0.3) is 0 Å². The van der Waals surface area contributed by atoms with Crippen molar-refractivity contribution < 1.29 is 0 Å². The van der Waals surface area contributed by atoms with Crippen LogP contribution in [0.1, 0.15) is 22.3 Å². The van der Waals surface area contributed by atoms with Crippen molar-refractivity contribution in [1.82, 2.24) is 9.97 Å². The zero-order valence-electron chi connectivity index (χ0n) is 33.5. The molecule has 0 atom stereocenters. The Morgan fingerprint density at radius 2 is 0.672 bits per heavy atom. The Labute approximate surface area is 357 Å². The largest absolute Gasteiger partial charge is 0.228 e. The van der Waals surface area contributed by atoms with E-state index < -0.39 is 5.41 Å². The van der Waals surface area contributed by atoms with Crippen molar-refractivity contribution in [3.05, 3.63) is 265 Å². The van der Waals surface area contributed by atoms with Gasteiger partial charge in [-0.2, -0.15) is 0 Å². The highest BCUT2D eigenvalue weighted by Gasteiger charge is 2.46. The standard InChI is InChI=1S/C59H40N2/c1-5-17-41(18-6-1)43-31-35-45(36-32-43)55-40-56(61-58(60-55)46-37-33-44(34-38-46)42-19-7-2-8-20-42)48-22-15-21-47(39-48)51-28-16-30-54-57(51)52-27-13-14-29-53(52)59(54,49-23-9-3-10-24-49)50-25-11-4-12-26-50/h1-40H. The van der Waals surface area contributed by atoms with Crippen LogP contribution in [0.3, 0.4) is 0 Å². The van der Waals surface area contributed by atoms with Gasteiger partial charge < -0.3 is 0 Å². The van der Waals surface area contributed by atoms with E-state index in [2.05, 4.69) is 237 Å². The molecular formula is C59H40N2. The lowest BCUT2D eigenvalue weighted by atomic mass is 9.67. The third-order valence-corrected chi connectivity index (χ3v) is 12.2. The molecule has 0 saturated carbocycles. The maximum atomic E-state index is 5.30. The minimum atomic E-state index is -0.468. The molecule has 286 valence electrons. The van der Waals surface area contributed by atoms with Crippen molar-refractivity contribution in [3.8, 4) is 78.4 Å². The van der Waals surface area contributed by atoms with Gasteiger partial charge in [-0.05, 0) is 78.9 Å². The Balaban J connectivity index is 1.06. The molecule has 0 spiro atoms. The van der Waals surface area contributed by atoms with Gasteiger partial charge in [-0.15, -0.1) is 0 Å². The molecule has 0 aliphatic heterocycles. The van der Waals surface area contributed by atoms with Crippen LogP contribution in [0.5, 0.6) is 0 Å². The van der Waals surface area contributed by atoms with Crippen LogP contribution in [0.25, 0.3) is 78.4 Å². The SMILES string of the molecule is c1ccc(-c2ccc(-c3cc(-c4cccc(-c5cccc6c5-c5ccccc5C6(c5ccccc5)c5ccccc5)c4)nc(-c4ccc(-c5ccccc5)cc4)n3)cc2)cc1. The van der Waals surface area contributed by atoms with Gasteiger partial charge >= 0.3 is 0 Å². The number of fused-ring (bicyclic) bond motifs is 3. The fourth-order valence-electron chi connectivity index (χ4n) is 9.36. The van der Waals surface area contributed by atoms with Crippen molar-refractivity contribution in [2.24, 2.45) is 0 Å². The Kier molecular flexibility index (Phi) is 9.09. The van der Waals surface area contributed by atoms with E-state index in [1.54, 1.807) is 0 Å². The van der Waals surface area contributed by atoms with E-state index in [-0.39, 0.29) is 0 Å². The lowest BCUT2D eigenvalue weighted by molar-refractivity contribution is 0.768. The molecule has 0 saturated heterocycles. The topological polar surface area (TPSA) is 25.8 Å². The molecule has 1 aliphatic carbocycles. The summed E-state index contributed by atoms with van der Waals surface area (Å²) < 4.78 is 0. The number of aromatic nitrogens is 2. The fraction of sp³-hybridized carbons (Fsp3) is 0.0169. The summed E-state index contributed by atoms with van der Waals surface area (Å²) in [5, 5.41) is 0. The molecule has 61 heavy (non-hydrogen) atoms. The second-order valence-corrected chi connectivity index (χ2v) is 15.7. The van der Waals surface area contributed by atoms with Crippen LogP contribution in [0.15, 0.2) is 243 Å². The predicted octanol–water partition coefficient (Wildman–Crippen LogP) is 14.8. The van der Waals surface area contributed by atoms with E-state index in [0.717, 1.165) is 39.2 Å². The van der Waals surface area contributed by atoms with E-state index in [4.69, 9.17) is 9.97 Å². The van der Waals surface area contributed by atoms with Crippen LogP contribution < -0.4 is 0 Å². The van der Waals surface area contributed by atoms with Crippen LogP contribution in [-0.2, 0) is 5.41 Å². The first-order chi connectivity index (χ1) is 30.2. The van der Waals surface area contributed by atoms with E-state index in [1.165, 1.54) is 55.6 Å². The molecule has 0 fully saturated rings. The van der Waals surface area contributed by atoms with Gasteiger partial charge in [0.15, 0.2) is 5.82 Å². The summed E-state index contributed by atoms with van der Waals surface area (Å²) in [6.45, 7) is 0. The second-order valence-electron chi connectivity index (χ2n) is 15.7. The average molecular weight is 777 g/mol. The van der Waals surface area contributed by atoms with E-state index in [0.29, 0.717) is 5.82 Å². The molecule has 10 aromatic rings. The number of benzene rings is 9. The number of hydrogen-bond donors (Lipinski definition) is 0. The Morgan fingerprint density at radius 3 is 1.28 bits per heavy atom. The molecule has 0 amide bonds. The lowest BCUT2D eigenvalue weighted by Crippen LogP contribution is -2.28. The van der Waals surface area contributed by atoms with Gasteiger partial charge in [-0.25, -0.2) is 9.97 Å². The molecule has 2 heteroatoms. The minimum absolute atomic E-state index is 0.468. The summed E-state index contributed by atoms with van der Waals surface area (Å²) in [6, 6.07) is 87.1. The van der Waals surface area contributed by atoms with Gasteiger partial charge in [0.1, 0.15) is 0 Å². The van der Waals surface area contributed by atoms with Gasteiger partial charge in [0.05, 0.1) is 16.8 Å². The van der Waals surface area contributed by atoms with Crippen LogP contribution in [0, 0.1) is 0 Å². The van der Waals surface area contributed by atoms with Crippen LogP contribution in [-0.4, -0.2) is 9.97 Å². The summed E-state index contributed by atoms with van der Waals surface area (Å²) in [5.74, 6) is 0.690. The molecule has 1 aromatic heterocycles. The van der Waals surface area contributed by atoms with Crippen molar-refractivity contribution >= 4 is 0 Å². The quantitative estimate of drug-likeness (QED) is 0.154. The summed E-state index contributed by atoms with van der Waals surface area (Å²) in [4.78, 5) is 10.5. The van der Waals surface area contributed by atoms with Crippen LogP contribution in [0.2, 0.25) is 0 Å². The molecule has 1 heterocycles. The Morgan fingerprint density at radius 1 is 0.262 bits per heavy atom. The molecule has 0 bridgehead atoms. The second kappa shape index (κ2) is 15.3. The van der Waals surface area contributed by atoms with Crippen molar-refractivity contribution in [2.75, 3.05) is 0 Å². The van der Waals surface area contributed by atoms with Gasteiger partial charge in [0.2, 0.25) is 0 Å². The summed E-state index contributed by atoms with van der Waals surface area (Å²) in [6.07, 6.45) is 0. The van der Waals surface area contributed by atoms with Crippen molar-refractivity contribution in [1.29, 1.82) is 0 Å². The highest BCUT2D eigenvalue weighted by atomic mass is 14.9. The highest BCUT2D eigenvalue weighted by molar-refractivity contribution is 5.96. The minimum Gasteiger partial charge on any atom is -0.228 e. The maximum Gasteiger partial charge on any atom is 0.160 e. The Bertz CT molecular complexity index is 3000. The average Bonchev–Trinajstić information content (AvgIpc) is 3.66. The smallest absolute Gasteiger partial charge is 0.160 e. The van der Waals surface area contributed by atoms with Gasteiger partial charge in [0, 0.05) is 16.7 Å². The summed E-state index contributed by atoms with van der Waals surface area (Å²) >= 11 is 0. The normalized spacial score (nSPS) is 12.4. The van der Waals surface area contributed by atoms with Crippen LogP contribution in [0.4, 0.5) is 0 Å². The molecule has 0 radical (unpaired) electrons. The van der Waals surface area contributed by atoms with Crippen LogP contribution >= 0.6 is 0 Å². The third-order valence-electron chi connectivity index (χ3n) is 12.2. The molecule has 11 rings (SSSR count). The number of nitrogens with zero attached hydrogens (tertiary/aromatic N) is 2. The fourth-order valence-corrected chi connectivity index (χ4v) is 9.36. The highest BCUT2D eigenvalue weighted by Crippen LogP contribution is 2.58. The molecule has 0 unspecified atom stereocenters. The van der Waals surface area contributed by atoms with Crippen molar-refractivity contribution in [2.45, 2.75) is 5.41 Å². The zero-order valence-corrected chi connectivity index (χ0v) is 33.5. The monoisotopic (exact) mass is 776 g/mol. The molecule has 2 nitrogen and oxygen atoms in total. The third kappa shape index (κ3) is 6.37. The Hall–Kier alpha value is -7.94. The number of hydrogen-bond acceptors (Lipinski definition) is 2.